The molecule has 0 saturated carbocycles. The van der Waals surface area contributed by atoms with Gasteiger partial charge >= 0.3 is 0 Å². The first kappa shape index (κ1) is 14.0. The third-order valence-corrected chi connectivity index (χ3v) is 3.43. The second-order valence-corrected chi connectivity index (χ2v) is 5.10. The van der Waals surface area contributed by atoms with Crippen LogP contribution in [-0.2, 0) is 16.1 Å². The molecule has 2 atom stereocenters. The van der Waals surface area contributed by atoms with Crippen LogP contribution in [0.25, 0.3) is 0 Å². The predicted molar refractivity (Wildman–Crippen MR) is 76.0 cm³/mol. The van der Waals surface area contributed by atoms with E-state index < -0.39 is 0 Å². The van der Waals surface area contributed by atoms with E-state index in [0.717, 1.165) is 25.3 Å². The third kappa shape index (κ3) is 4.33. The molecule has 4 nitrogen and oxygen atoms in total. The molecule has 0 bridgehead atoms. The lowest BCUT2D eigenvalue weighted by atomic mass is 10.1. The first-order valence-electron chi connectivity index (χ1n) is 6.86. The Morgan fingerprint density at radius 2 is 2.16 bits per heavy atom. The van der Waals surface area contributed by atoms with E-state index in [1.807, 2.05) is 24.3 Å². The summed E-state index contributed by atoms with van der Waals surface area (Å²) < 4.78 is 5.66. The second-order valence-electron chi connectivity index (χ2n) is 5.10. The smallest absolute Gasteiger partial charge is 0.221 e. The minimum atomic E-state index is -0.0436. The maximum Gasteiger partial charge on any atom is 0.221 e. The molecule has 1 aliphatic rings. The summed E-state index contributed by atoms with van der Waals surface area (Å²) in [5.41, 5.74) is 2.04. The van der Waals surface area contributed by atoms with Crippen LogP contribution in [0.2, 0.25) is 0 Å². The van der Waals surface area contributed by atoms with Crippen molar-refractivity contribution >= 4 is 11.6 Å². The van der Waals surface area contributed by atoms with Gasteiger partial charge in [-0.2, -0.15) is 0 Å². The quantitative estimate of drug-likeness (QED) is 0.856. The van der Waals surface area contributed by atoms with Gasteiger partial charge in [0.2, 0.25) is 5.91 Å². The number of carbonyl (C=O) groups excluding carboxylic acids is 1. The van der Waals surface area contributed by atoms with Gasteiger partial charge in [-0.05, 0) is 37.5 Å². The zero-order valence-electron chi connectivity index (χ0n) is 11.6. The van der Waals surface area contributed by atoms with E-state index in [1.54, 1.807) is 0 Å². The highest BCUT2D eigenvalue weighted by atomic mass is 16.5. The monoisotopic (exact) mass is 262 g/mol. The molecule has 1 aromatic carbocycles. The molecular formula is C15H22N2O2. The molecular weight excluding hydrogens is 240 g/mol. The minimum Gasteiger partial charge on any atom is -0.377 e. The number of benzene rings is 1. The molecule has 0 spiro atoms. The largest absolute Gasteiger partial charge is 0.377 e. The van der Waals surface area contributed by atoms with Crippen molar-refractivity contribution in [2.75, 3.05) is 11.9 Å². The summed E-state index contributed by atoms with van der Waals surface area (Å²) in [6.07, 6.45) is 2.66. The van der Waals surface area contributed by atoms with Gasteiger partial charge in [0.1, 0.15) is 0 Å². The van der Waals surface area contributed by atoms with Gasteiger partial charge in [0.05, 0.1) is 6.10 Å². The second kappa shape index (κ2) is 6.68. The number of amides is 1. The molecule has 2 rings (SSSR count). The van der Waals surface area contributed by atoms with Crippen molar-refractivity contribution in [1.29, 1.82) is 0 Å². The highest BCUT2D eigenvalue weighted by Crippen LogP contribution is 2.16. The van der Waals surface area contributed by atoms with Crippen molar-refractivity contribution in [3.05, 3.63) is 29.8 Å². The molecule has 0 aromatic heterocycles. The number of rotatable bonds is 5. The van der Waals surface area contributed by atoms with Crippen LogP contribution in [-0.4, -0.2) is 24.7 Å². The number of hydrogen-bond donors (Lipinski definition) is 2. The van der Waals surface area contributed by atoms with E-state index >= 15 is 0 Å². The van der Waals surface area contributed by atoms with E-state index in [2.05, 4.69) is 17.6 Å². The molecule has 4 heteroatoms. The normalized spacial score (nSPS) is 20.2. The maximum absolute atomic E-state index is 10.9. The highest BCUT2D eigenvalue weighted by Gasteiger charge is 2.21. The van der Waals surface area contributed by atoms with E-state index in [9.17, 15) is 4.79 Å². The molecule has 104 valence electrons. The molecule has 1 aliphatic heterocycles. The van der Waals surface area contributed by atoms with E-state index in [1.165, 1.54) is 18.9 Å². The number of ether oxygens (including phenoxy) is 1. The van der Waals surface area contributed by atoms with Gasteiger partial charge in [0, 0.05) is 31.8 Å². The Morgan fingerprint density at radius 1 is 1.42 bits per heavy atom. The molecule has 2 N–H and O–H groups in total. The van der Waals surface area contributed by atoms with Gasteiger partial charge in [0.15, 0.2) is 0 Å². The lowest BCUT2D eigenvalue weighted by Crippen LogP contribution is -2.36. The van der Waals surface area contributed by atoms with Crippen LogP contribution >= 0.6 is 0 Å². The average Bonchev–Trinajstić information content (AvgIpc) is 2.91. The highest BCUT2D eigenvalue weighted by molar-refractivity contribution is 5.88. The van der Waals surface area contributed by atoms with Crippen LogP contribution in [0.1, 0.15) is 32.3 Å². The Morgan fingerprint density at radius 3 is 2.74 bits per heavy atom. The Hall–Kier alpha value is -1.39. The van der Waals surface area contributed by atoms with Crippen LogP contribution in [0.4, 0.5) is 5.69 Å². The summed E-state index contributed by atoms with van der Waals surface area (Å²) in [6.45, 7) is 5.39. The van der Waals surface area contributed by atoms with Gasteiger partial charge < -0.3 is 15.4 Å². The molecule has 1 saturated heterocycles. The van der Waals surface area contributed by atoms with Crippen LogP contribution in [0.5, 0.6) is 0 Å². The average molecular weight is 262 g/mol. The van der Waals surface area contributed by atoms with Crippen molar-refractivity contribution in [3.8, 4) is 0 Å². The molecule has 1 aromatic rings. The van der Waals surface area contributed by atoms with E-state index in [-0.39, 0.29) is 5.91 Å². The summed E-state index contributed by atoms with van der Waals surface area (Å²) >= 11 is 0. The van der Waals surface area contributed by atoms with Crippen molar-refractivity contribution in [2.24, 2.45) is 0 Å². The van der Waals surface area contributed by atoms with Crippen molar-refractivity contribution in [3.63, 3.8) is 0 Å². The lowest BCUT2D eigenvalue weighted by molar-refractivity contribution is -0.114. The molecule has 0 aliphatic carbocycles. The SMILES string of the molecule is CC(=O)Nc1ccc(CNC(C)C2CCCO2)cc1. The Labute approximate surface area is 114 Å². The molecule has 1 amide bonds. The summed E-state index contributed by atoms with van der Waals surface area (Å²) in [4.78, 5) is 10.9. The van der Waals surface area contributed by atoms with Gasteiger partial charge in [-0.3, -0.25) is 4.79 Å². The van der Waals surface area contributed by atoms with Crippen LogP contribution < -0.4 is 10.6 Å². The summed E-state index contributed by atoms with van der Waals surface area (Å²) in [5.74, 6) is -0.0436. The van der Waals surface area contributed by atoms with Gasteiger partial charge in [-0.25, -0.2) is 0 Å². The number of carbonyl (C=O) groups is 1. The third-order valence-electron chi connectivity index (χ3n) is 3.43. The predicted octanol–water partition coefficient (Wildman–Crippen LogP) is 2.30. The molecule has 0 radical (unpaired) electrons. The maximum atomic E-state index is 10.9. The van der Waals surface area contributed by atoms with Gasteiger partial charge in [0.25, 0.3) is 0 Å². The lowest BCUT2D eigenvalue weighted by Gasteiger charge is -2.20. The van der Waals surface area contributed by atoms with Crippen LogP contribution in [0.3, 0.4) is 0 Å². The van der Waals surface area contributed by atoms with E-state index in [0.29, 0.717) is 12.1 Å². The van der Waals surface area contributed by atoms with Crippen molar-refractivity contribution < 1.29 is 9.53 Å². The molecule has 1 fully saturated rings. The fourth-order valence-electron chi connectivity index (χ4n) is 2.32. The standard InChI is InChI=1S/C15H22N2O2/c1-11(15-4-3-9-19-15)16-10-13-5-7-14(8-6-13)17-12(2)18/h5-8,11,15-16H,3-4,9-10H2,1-2H3,(H,17,18). The number of nitrogens with one attached hydrogen (secondary N) is 2. The Kier molecular flexibility index (Phi) is 4.93. The number of hydrogen-bond acceptors (Lipinski definition) is 3. The first-order valence-corrected chi connectivity index (χ1v) is 6.86. The zero-order valence-corrected chi connectivity index (χ0v) is 11.6. The Bertz CT molecular complexity index is 411. The van der Waals surface area contributed by atoms with E-state index in [4.69, 9.17) is 4.74 Å². The van der Waals surface area contributed by atoms with Crippen LogP contribution in [0, 0.1) is 0 Å². The molecule has 2 unspecified atom stereocenters. The Balaban J connectivity index is 1.80. The minimum absolute atomic E-state index is 0.0436. The van der Waals surface area contributed by atoms with Crippen LogP contribution in [0.15, 0.2) is 24.3 Å². The molecule has 19 heavy (non-hydrogen) atoms. The molecule has 1 heterocycles. The fraction of sp³-hybridized carbons (Fsp3) is 0.533. The fourth-order valence-corrected chi connectivity index (χ4v) is 2.32. The summed E-state index contributed by atoms with van der Waals surface area (Å²) in [7, 11) is 0. The summed E-state index contributed by atoms with van der Waals surface area (Å²) in [5, 5.41) is 6.25. The van der Waals surface area contributed by atoms with Crippen molar-refractivity contribution in [1.82, 2.24) is 5.32 Å². The first-order chi connectivity index (χ1) is 9.15. The van der Waals surface area contributed by atoms with Gasteiger partial charge in [-0.1, -0.05) is 12.1 Å². The topological polar surface area (TPSA) is 50.4 Å². The van der Waals surface area contributed by atoms with Crippen molar-refractivity contribution in [2.45, 2.75) is 45.4 Å². The van der Waals surface area contributed by atoms with Gasteiger partial charge in [-0.15, -0.1) is 0 Å². The summed E-state index contributed by atoms with van der Waals surface area (Å²) in [6, 6.07) is 8.28. The zero-order chi connectivity index (χ0) is 13.7. The number of anilines is 1.